The molecule has 0 radical (unpaired) electrons. The van der Waals surface area contributed by atoms with Crippen LogP contribution in [0.1, 0.15) is 57.8 Å². The molecule has 1 atom stereocenters. The molecule has 1 heterocycles. The van der Waals surface area contributed by atoms with Gasteiger partial charge in [-0.15, -0.1) is 0 Å². The summed E-state index contributed by atoms with van der Waals surface area (Å²) < 4.78 is 0. The number of hydrogen-bond acceptors (Lipinski definition) is 2. The van der Waals surface area contributed by atoms with Gasteiger partial charge in [0.25, 0.3) is 0 Å². The van der Waals surface area contributed by atoms with Crippen LogP contribution in [0.25, 0.3) is 0 Å². The van der Waals surface area contributed by atoms with Crippen LogP contribution < -0.4 is 5.32 Å². The summed E-state index contributed by atoms with van der Waals surface area (Å²) in [4.78, 5) is 14.4. The Labute approximate surface area is 111 Å². The quantitative estimate of drug-likeness (QED) is 0.837. The van der Waals surface area contributed by atoms with E-state index in [0.29, 0.717) is 17.9 Å². The number of hydrogen-bond donors (Lipinski definition) is 1. The fourth-order valence-electron chi connectivity index (χ4n) is 3.31. The summed E-state index contributed by atoms with van der Waals surface area (Å²) in [6.07, 6.45) is 10.7. The van der Waals surface area contributed by atoms with Crippen molar-refractivity contribution in [3.63, 3.8) is 0 Å². The molecule has 1 saturated carbocycles. The topological polar surface area (TPSA) is 32.3 Å². The average molecular weight is 252 g/mol. The molecule has 2 fully saturated rings. The van der Waals surface area contributed by atoms with E-state index in [4.69, 9.17) is 0 Å². The van der Waals surface area contributed by atoms with E-state index in [9.17, 15) is 4.79 Å². The molecule has 18 heavy (non-hydrogen) atoms. The van der Waals surface area contributed by atoms with Crippen molar-refractivity contribution in [2.75, 3.05) is 20.1 Å². The molecule has 1 aliphatic carbocycles. The zero-order chi connectivity index (χ0) is 12.8. The Bertz CT molecular complexity index is 261. The van der Waals surface area contributed by atoms with Gasteiger partial charge >= 0.3 is 0 Å². The Balaban J connectivity index is 1.69. The predicted octanol–water partition coefficient (Wildman–Crippen LogP) is 2.56. The minimum Gasteiger partial charge on any atom is -0.353 e. The fraction of sp³-hybridized carbons (Fsp3) is 0.933. The Morgan fingerprint density at radius 1 is 1.06 bits per heavy atom. The van der Waals surface area contributed by atoms with Gasteiger partial charge in [0.05, 0.1) is 0 Å². The molecular formula is C15H28N2O. The van der Waals surface area contributed by atoms with Gasteiger partial charge in [-0.1, -0.05) is 19.3 Å². The van der Waals surface area contributed by atoms with Gasteiger partial charge in [-0.05, 0) is 58.2 Å². The molecule has 2 aliphatic rings. The molecule has 0 bridgehead atoms. The molecule has 104 valence electrons. The zero-order valence-corrected chi connectivity index (χ0v) is 11.8. The van der Waals surface area contributed by atoms with Crippen LogP contribution in [0, 0.1) is 5.92 Å². The third-order valence-electron chi connectivity index (χ3n) is 4.52. The number of likely N-dealkylation sites (tertiary alicyclic amines) is 1. The molecule has 2 rings (SSSR count). The second-order valence-corrected chi connectivity index (χ2v) is 6.21. The molecule has 1 unspecified atom stereocenters. The standard InChI is InChI=1S/C15H28N2O/c1-17-10-5-6-13(9-11-17)12-15(18)16-14-7-3-2-4-8-14/h13-14H,2-12H2,1H3,(H,16,18). The van der Waals surface area contributed by atoms with Crippen LogP contribution in [-0.4, -0.2) is 37.0 Å². The molecule has 0 spiro atoms. The lowest BCUT2D eigenvalue weighted by molar-refractivity contribution is -0.123. The van der Waals surface area contributed by atoms with Crippen LogP contribution in [0.5, 0.6) is 0 Å². The first-order valence-corrected chi connectivity index (χ1v) is 7.72. The summed E-state index contributed by atoms with van der Waals surface area (Å²) in [6.45, 7) is 2.35. The highest BCUT2D eigenvalue weighted by Gasteiger charge is 2.20. The molecule has 0 aromatic heterocycles. The summed E-state index contributed by atoms with van der Waals surface area (Å²) in [7, 11) is 2.18. The lowest BCUT2D eigenvalue weighted by atomic mass is 9.93. The summed E-state index contributed by atoms with van der Waals surface area (Å²) in [5.74, 6) is 0.912. The smallest absolute Gasteiger partial charge is 0.220 e. The van der Waals surface area contributed by atoms with Gasteiger partial charge in [0, 0.05) is 12.5 Å². The van der Waals surface area contributed by atoms with Crippen LogP contribution in [0.4, 0.5) is 0 Å². The molecule has 1 aliphatic heterocycles. The summed E-state index contributed by atoms with van der Waals surface area (Å²) >= 11 is 0. The molecule has 0 aromatic rings. The Kier molecular flexibility index (Phi) is 5.48. The normalized spacial score (nSPS) is 27.7. The second-order valence-electron chi connectivity index (χ2n) is 6.21. The number of carbonyl (C=O) groups is 1. The van der Waals surface area contributed by atoms with Crippen LogP contribution in [0.3, 0.4) is 0 Å². The number of rotatable bonds is 3. The monoisotopic (exact) mass is 252 g/mol. The first kappa shape index (κ1) is 13.9. The maximum atomic E-state index is 12.0. The minimum absolute atomic E-state index is 0.302. The van der Waals surface area contributed by atoms with Crippen LogP contribution in [0.15, 0.2) is 0 Å². The van der Waals surface area contributed by atoms with E-state index in [-0.39, 0.29) is 0 Å². The molecule has 3 heteroatoms. The van der Waals surface area contributed by atoms with Crippen molar-refractivity contribution in [3.8, 4) is 0 Å². The van der Waals surface area contributed by atoms with E-state index in [1.165, 1.54) is 57.9 Å². The SMILES string of the molecule is CN1CCCC(CC(=O)NC2CCCCC2)CC1. The fourth-order valence-corrected chi connectivity index (χ4v) is 3.31. The maximum Gasteiger partial charge on any atom is 0.220 e. The van der Waals surface area contributed by atoms with Crippen molar-refractivity contribution in [3.05, 3.63) is 0 Å². The summed E-state index contributed by atoms with van der Waals surface area (Å²) in [5.41, 5.74) is 0. The second kappa shape index (κ2) is 7.13. The number of carbonyl (C=O) groups excluding carboxylic acids is 1. The summed E-state index contributed by atoms with van der Waals surface area (Å²) in [5, 5.41) is 3.25. The van der Waals surface area contributed by atoms with Gasteiger partial charge in [-0.2, -0.15) is 0 Å². The lowest BCUT2D eigenvalue weighted by Crippen LogP contribution is -2.37. The van der Waals surface area contributed by atoms with E-state index in [1.54, 1.807) is 0 Å². The van der Waals surface area contributed by atoms with E-state index in [0.717, 1.165) is 13.0 Å². The van der Waals surface area contributed by atoms with Crippen molar-refractivity contribution in [1.29, 1.82) is 0 Å². The van der Waals surface area contributed by atoms with E-state index in [2.05, 4.69) is 17.3 Å². The highest BCUT2D eigenvalue weighted by molar-refractivity contribution is 5.76. The van der Waals surface area contributed by atoms with Crippen LogP contribution in [0.2, 0.25) is 0 Å². The predicted molar refractivity (Wildman–Crippen MR) is 74.5 cm³/mol. The molecule has 1 saturated heterocycles. The highest BCUT2D eigenvalue weighted by Crippen LogP contribution is 2.21. The molecular weight excluding hydrogens is 224 g/mol. The highest BCUT2D eigenvalue weighted by atomic mass is 16.1. The van der Waals surface area contributed by atoms with Gasteiger partial charge in [-0.25, -0.2) is 0 Å². The lowest BCUT2D eigenvalue weighted by Gasteiger charge is -2.24. The number of amides is 1. The number of nitrogens with zero attached hydrogens (tertiary/aromatic N) is 1. The Hall–Kier alpha value is -0.570. The largest absolute Gasteiger partial charge is 0.353 e. The first-order chi connectivity index (χ1) is 8.74. The van der Waals surface area contributed by atoms with E-state index >= 15 is 0 Å². The molecule has 0 aromatic carbocycles. The third-order valence-corrected chi connectivity index (χ3v) is 4.52. The third kappa shape index (κ3) is 4.60. The van der Waals surface area contributed by atoms with Crippen molar-refractivity contribution in [2.45, 2.75) is 63.8 Å². The Morgan fingerprint density at radius 2 is 1.83 bits per heavy atom. The van der Waals surface area contributed by atoms with Gasteiger partial charge in [-0.3, -0.25) is 4.79 Å². The van der Waals surface area contributed by atoms with Crippen molar-refractivity contribution >= 4 is 5.91 Å². The molecule has 3 nitrogen and oxygen atoms in total. The number of nitrogens with one attached hydrogen (secondary N) is 1. The summed E-state index contributed by atoms with van der Waals surface area (Å²) in [6, 6.07) is 0.472. The van der Waals surface area contributed by atoms with Crippen molar-refractivity contribution < 1.29 is 4.79 Å². The molecule has 1 amide bonds. The average Bonchev–Trinajstić information content (AvgIpc) is 2.56. The van der Waals surface area contributed by atoms with Gasteiger partial charge in [0.2, 0.25) is 5.91 Å². The maximum absolute atomic E-state index is 12.0. The first-order valence-electron chi connectivity index (χ1n) is 7.72. The van der Waals surface area contributed by atoms with Crippen LogP contribution >= 0.6 is 0 Å². The van der Waals surface area contributed by atoms with Crippen molar-refractivity contribution in [2.24, 2.45) is 5.92 Å². The zero-order valence-electron chi connectivity index (χ0n) is 11.8. The van der Waals surface area contributed by atoms with Crippen LogP contribution in [-0.2, 0) is 4.79 Å². The molecule has 1 N–H and O–H groups in total. The van der Waals surface area contributed by atoms with Gasteiger partial charge in [0.15, 0.2) is 0 Å². The van der Waals surface area contributed by atoms with E-state index < -0.39 is 0 Å². The van der Waals surface area contributed by atoms with E-state index in [1.807, 2.05) is 0 Å². The van der Waals surface area contributed by atoms with Gasteiger partial charge in [0.1, 0.15) is 0 Å². The Morgan fingerprint density at radius 3 is 2.61 bits per heavy atom. The van der Waals surface area contributed by atoms with Crippen molar-refractivity contribution in [1.82, 2.24) is 10.2 Å². The minimum atomic E-state index is 0.302. The van der Waals surface area contributed by atoms with Gasteiger partial charge < -0.3 is 10.2 Å².